The molecular weight excluding hydrogens is 407 g/mol. The van der Waals surface area contributed by atoms with Gasteiger partial charge in [-0.3, -0.25) is 0 Å². The van der Waals surface area contributed by atoms with Gasteiger partial charge in [0.05, 0.1) is 0 Å². The van der Waals surface area contributed by atoms with E-state index in [0.717, 1.165) is 0 Å². The van der Waals surface area contributed by atoms with E-state index in [2.05, 4.69) is 51.7 Å². The molecule has 0 radical (unpaired) electrons. The van der Waals surface area contributed by atoms with Gasteiger partial charge in [-0.15, -0.1) is 0 Å². The molecule has 0 aliphatic carbocycles. The number of benzene rings is 3. The van der Waals surface area contributed by atoms with E-state index < -0.39 is 7.26 Å². The number of nitrogens with one attached hydrogen (secondary N) is 1. The van der Waals surface area contributed by atoms with Crippen molar-refractivity contribution in [3.63, 3.8) is 0 Å². The SMILES string of the molecule is [N-]=[N+]=NCCOCCNC(=O)C[PH](c1ccccc1)(c1ccccc1)c1ccccc1. The average Bonchev–Trinajstić information content (AvgIpc) is 2.83. The van der Waals surface area contributed by atoms with Crippen LogP contribution < -0.4 is 21.2 Å². The third kappa shape index (κ3) is 5.93. The molecule has 3 rings (SSSR count). The van der Waals surface area contributed by atoms with Crippen molar-refractivity contribution in [1.82, 2.24) is 5.32 Å². The van der Waals surface area contributed by atoms with Gasteiger partial charge in [0.2, 0.25) is 0 Å². The van der Waals surface area contributed by atoms with Crippen molar-refractivity contribution in [3.8, 4) is 0 Å². The standard InChI is InChI=1S/C24H27N4O2P/c25-28-27-17-19-30-18-16-26-24(29)20-31(21-10-4-1-5-11-21,22-12-6-2-7-13-22)23-14-8-3-9-15-23/h1-15,31H,16-20H2,(H,26,29). The molecule has 3 aromatic rings. The molecule has 7 heteroatoms. The molecule has 0 aromatic heterocycles. The van der Waals surface area contributed by atoms with Gasteiger partial charge in [0.1, 0.15) is 0 Å². The van der Waals surface area contributed by atoms with Crippen molar-refractivity contribution in [2.24, 2.45) is 5.11 Å². The zero-order valence-electron chi connectivity index (χ0n) is 17.4. The molecule has 0 spiro atoms. The van der Waals surface area contributed by atoms with Crippen LogP contribution in [0.1, 0.15) is 0 Å². The number of hydrogen-bond donors (Lipinski definition) is 1. The maximum absolute atomic E-state index is 13.1. The first-order valence-corrected chi connectivity index (χ1v) is 12.5. The molecule has 160 valence electrons. The summed E-state index contributed by atoms with van der Waals surface area (Å²) in [5.41, 5.74) is 8.28. The van der Waals surface area contributed by atoms with Gasteiger partial charge in [0.25, 0.3) is 0 Å². The van der Waals surface area contributed by atoms with Crippen LogP contribution in [-0.2, 0) is 9.53 Å². The van der Waals surface area contributed by atoms with Crippen LogP contribution in [0.5, 0.6) is 0 Å². The minimum absolute atomic E-state index is 0.00173. The zero-order chi connectivity index (χ0) is 21.8. The van der Waals surface area contributed by atoms with Crippen LogP contribution >= 0.6 is 7.26 Å². The van der Waals surface area contributed by atoms with Gasteiger partial charge in [-0.2, -0.15) is 0 Å². The molecule has 6 nitrogen and oxygen atoms in total. The molecule has 0 aliphatic rings. The van der Waals surface area contributed by atoms with Crippen molar-refractivity contribution in [2.75, 3.05) is 32.5 Å². The fourth-order valence-corrected chi connectivity index (χ4v) is 8.30. The monoisotopic (exact) mass is 434 g/mol. The van der Waals surface area contributed by atoms with E-state index in [1.807, 2.05) is 54.6 Å². The first-order chi connectivity index (χ1) is 15.3. The van der Waals surface area contributed by atoms with E-state index in [4.69, 9.17) is 10.3 Å². The first-order valence-electron chi connectivity index (χ1n) is 10.3. The Kier molecular flexibility index (Phi) is 8.62. The predicted octanol–water partition coefficient (Wildman–Crippen LogP) is 3.16. The molecule has 0 atom stereocenters. The summed E-state index contributed by atoms with van der Waals surface area (Å²) in [7, 11) is -2.58. The van der Waals surface area contributed by atoms with E-state index in [1.54, 1.807) is 0 Å². The van der Waals surface area contributed by atoms with Crippen LogP contribution in [0, 0.1) is 0 Å². The predicted molar refractivity (Wildman–Crippen MR) is 129 cm³/mol. The molecule has 0 fully saturated rings. The Labute approximate surface area is 183 Å². The van der Waals surface area contributed by atoms with Crippen LogP contribution in [-0.4, -0.2) is 38.4 Å². The Morgan fingerprint density at radius 3 is 1.77 bits per heavy atom. The summed E-state index contributed by atoms with van der Waals surface area (Å²) in [4.78, 5) is 15.8. The Morgan fingerprint density at radius 2 is 1.32 bits per heavy atom. The van der Waals surface area contributed by atoms with E-state index in [0.29, 0.717) is 25.9 Å². The normalized spacial score (nSPS) is 11.4. The van der Waals surface area contributed by atoms with Gasteiger partial charge in [-0.25, -0.2) is 0 Å². The molecule has 3 aromatic carbocycles. The Morgan fingerprint density at radius 1 is 0.839 bits per heavy atom. The molecular formula is C24H27N4O2P. The van der Waals surface area contributed by atoms with Gasteiger partial charge in [0.15, 0.2) is 0 Å². The summed E-state index contributed by atoms with van der Waals surface area (Å²) < 4.78 is 5.40. The van der Waals surface area contributed by atoms with Crippen molar-refractivity contribution in [2.45, 2.75) is 0 Å². The summed E-state index contributed by atoms with van der Waals surface area (Å²) in [6, 6.07) is 31.1. The second kappa shape index (κ2) is 11.9. The second-order valence-corrected chi connectivity index (χ2v) is 11.0. The summed E-state index contributed by atoms with van der Waals surface area (Å²) in [5.74, 6) is 0.00173. The third-order valence-corrected chi connectivity index (χ3v) is 10.0. The minimum atomic E-state index is -2.58. The molecule has 31 heavy (non-hydrogen) atoms. The van der Waals surface area contributed by atoms with Crippen LogP contribution in [0.15, 0.2) is 96.1 Å². The summed E-state index contributed by atoms with van der Waals surface area (Å²) in [5, 5.41) is 10.0. The number of hydrogen-bond acceptors (Lipinski definition) is 3. The number of nitrogens with zero attached hydrogens (tertiary/aromatic N) is 3. The Bertz CT molecular complexity index is 897. The molecule has 0 aliphatic heterocycles. The van der Waals surface area contributed by atoms with Crippen molar-refractivity contribution in [1.29, 1.82) is 0 Å². The van der Waals surface area contributed by atoms with Gasteiger partial charge in [-0.05, 0) is 0 Å². The number of rotatable bonds is 11. The number of ether oxygens (including phenoxy) is 1. The molecule has 1 amide bonds. The van der Waals surface area contributed by atoms with Crippen LogP contribution in [0.2, 0.25) is 0 Å². The molecule has 0 heterocycles. The van der Waals surface area contributed by atoms with Crippen LogP contribution in [0.4, 0.5) is 0 Å². The Balaban J connectivity index is 1.86. The number of carbonyl (C=O) groups is 1. The first kappa shape index (κ1) is 22.5. The number of azide groups is 1. The van der Waals surface area contributed by atoms with Gasteiger partial charge in [0, 0.05) is 0 Å². The molecule has 0 bridgehead atoms. The molecule has 0 saturated heterocycles. The maximum atomic E-state index is 13.1. The topological polar surface area (TPSA) is 87.1 Å². The number of carbonyl (C=O) groups excluding carboxylic acids is 1. The molecule has 0 unspecified atom stereocenters. The summed E-state index contributed by atoms with van der Waals surface area (Å²) in [6.07, 6.45) is 0.407. The quantitative estimate of drug-likeness (QED) is 0.165. The van der Waals surface area contributed by atoms with Crippen molar-refractivity contribution in [3.05, 3.63) is 101 Å². The van der Waals surface area contributed by atoms with Crippen LogP contribution in [0.25, 0.3) is 10.4 Å². The van der Waals surface area contributed by atoms with E-state index in [9.17, 15) is 4.79 Å². The van der Waals surface area contributed by atoms with Gasteiger partial charge >= 0.3 is 183 Å². The average molecular weight is 434 g/mol. The molecule has 0 saturated carbocycles. The third-order valence-electron chi connectivity index (χ3n) is 5.19. The summed E-state index contributed by atoms with van der Waals surface area (Å²) >= 11 is 0. The summed E-state index contributed by atoms with van der Waals surface area (Å²) in [6.45, 7) is 1.42. The van der Waals surface area contributed by atoms with Crippen molar-refractivity contribution < 1.29 is 9.53 Å². The second-order valence-electron chi connectivity index (χ2n) is 7.10. The van der Waals surface area contributed by atoms with Crippen LogP contribution in [0.3, 0.4) is 0 Å². The van der Waals surface area contributed by atoms with Gasteiger partial charge < -0.3 is 0 Å². The fourth-order valence-electron chi connectivity index (χ4n) is 3.79. The molecule has 1 N–H and O–H groups in total. The number of amides is 1. The fraction of sp³-hybridized carbons (Fsp3) is 0.208. The van der Waals surface area contributed by atoms with Gasteiger partial charge in [-0.1, -0.05) is 0 Å². The Hall–Kier alpha value is -3.17. The van der Waals surface area contributed by atoms with E-state index >= 15 is 0 Å². The zero-order valence-corrected chi connectivity index (χ0v) is 18.4. The van der Waals surface area contributed by atoms with E-state index in [-0.39, 0.29) is 12.5 Å². The van der Waals surface area contributed by atoms with E-state index in [1.165, 1.54) is 15.9 Å². The van der Waals surface area contributed by atoms with Crippen molar-refractivity contribution >= 4 is 29.1 Å².